The Labute approximate surface area is 506 Å². The van der Waals surface area contributed by atoms with Gasteiger partial charge in [-0.3, -0.25) is 19.2 Å². The van der Waals surface area contributed by atoms with Crippen molar-refractivity contribution in [2.45, 2.75) is 243 Å². The minimum atomic E-state index is -2.47. The minimum Gasteiger partial charge on any atom is -0.394 e. The quantitative estimate of drug-likeness (QED) is 0.0382. The molecule has 0 spiro atoms. The lowest BCUT2D eigenvalue weighted by Gasteiger charge is -2.49. The van der Waals surface area contributed by atoms with Gasteiger partial charge in [-0.1, -0.05) is 0 Å². The van der Waals surface area contributed by atoms with E-state index in [2.05, 4.69) is 21.3 Å². The third-order valence-electron chi connectivity index (χ3n) is 15.7. The number of carbonyl (C=O) groups excluding carboxylic acids is 4. The summed E-state index contributed by atoms with van der Waals surface area (Å²) in [4.78, 5) is 49.7. The van der Waals surface area contributed by atoms with Gasteiger partial charge in [0.05, 0.1) is 58.4 Å². The SMILES string of the molecule is CC(=O)N[C@H]1[C@H](O[C@H]2[C@@H](O)[C@@H](CO)O[C@@H](O[C@H]3[C@@H](O)[C@@H](CO[C@@H]4O[C@H](CO)[C@@H](O)[C@H](O[C@H]5O[C@H](C)[C@H](O)[C@H](O)[C@H]5O)[C@H]4NC(C)=O)O[C@@H](O[C@@H]([C@@H](O)[C@H](O)CO[C@@H]4O[C@H](CO)[C@@H](O)[C@H](O)[C@H]4NC(C)=O)[C@H](CO)NC(C)=O)[C@@H]3O)[C@@H]2O)O[C@H](CO)[C@H](O)[C@@H]1O. The molecule has 89 heavy (non-hydrogen) atoms. The number of rotatable bonds is 26. The lowest BCUT2D eigenvalue weighted by Crippen LogP contribution is -2.69. The molecule has 0 aliphatic carbocycles. The van der Waals surface area contributed by atoms with Gasteiger partial charge < -0.3 is 175 Å². The molecule has 6 aliphatic rings. The highest BCUT2D eigenvalue weighted by molar-refractivity contribution is 5.74. The molecule has 0 unspecified atom stereocenters. The topological polar surface area (TPSA) is 612 Å². The van der Waals surface area contributed by atoms with E-state index < -0.39 is 278 Å². The lowest BCUT2D eigenvalue weighted by molar-refractivity contribution is -0.382. The van der Waals surface area contributed by atoms with Crippen LogP contribution in [0.2, 0.25) is 0 Å². The second kappa shape index (κ2) is 33.2. The Kier molecular flexibility index (Phi) is 27.8. The fourth-order valence-electron chi connectivity index (χ4n) is 11.0. The van der Waals surface area contributed by atoms with E-state index in [9.17, 15) is 116 Å². The lowest BCUT2D eigenvalue weighted by atomic mass is 9.94. The van der Waals surface area contributed by atoms with E-state index in [1.54, 1.807) is 0 Å². The summed E-state index contributed by atoms with van der Waals surface area (Å²) in [6, 6.07) is -6.76. The van der Waals surface area contributed by atoms with Crippen LogP contribution in [0.3, 0.4) is 0 Å². The number of carbonyl (C=O) groups is 4. The smallest absolute Gasteiger partial charge is 0.217 e. The number of amides is 4. The number of nitrogens with one attached hydrogen (secondary N) is 4. The predicted molar refractivity (Wildman–Crippen MR) is 279 cm³/mol. The molecule has 6 heterocycles. The van der Waals surface area contributed by atoms with Gasteiger partial charge in [0.1, 0.15) is 159 Å². The maximum Gasteiger partial charge on any atom is 0.217 e. The molecular formula is C50H86N4O35. The molecule has 6 saturated heterocycles. The van der Waals surface area contributed by atoms with Crippen LogP contribution in [0.15, 0.2) is 0 Å². The summed E-state index contributed by atoms with van der Waals surface area (Å²) in [5.41, 5.74) is 0. The highest BCUT2D eigenvalue weighted by Crippen LogP contribution is 2.36. The average molecular weight is 1300 g/mol. The Bertz CT molecular complexity index is 2240. The van der Waals surface area contributed by atoms with Crippen molar-refractivity contribution >= 4 is 23.6 Å². The summed E-state index contributed by atoms with van der Waals surface area (Å²) in [5.74, 6) is -3.31. The van der Waals surface area contributed by atoms with Crippen LogP contribution >= 0.6 is 0 Å². The first-order valence-electron chi connectivity index (χ1n) is 28.4. The largest absolute Gasteiger partial charge is 0.394 e. The Morgan fingerprint density at radius 3 is 1.33 bits per heavy atom. The Hall–Kier alpha value is -3.36. The second-order valence-corrected chi connectivity index (χ2v) is 22.3. The van der Waals surface area contributed by atoms with Crippen LogP contribution < -0.4 is 21.3 Å². The summed E-state index contributed by atoms with van der Waals surface area (Å²) < 4.78 is 69.8. The molecule has 0 aromatic carbocycles. The van der Waals surface area contributed by atoms with Gasteiger partial charge in [0, 0.05) is 27.7 Å². The van der Waals surface area contributed by atoms with Crippen molar-refractivity contribution in [2.24, 2.45) is 0 Å². The van der Waals surface area contributed by atoms with Gasteiger partial charge in [-0.25, -0.2) is 0 Å². The molecule has 0 aromatic heterocycles. The van der Waals surface area contributed by atoms with Crippen LogP contribution in [0.25, 0.3) is 0 Å². The zero-order valence-corrected chi connectivity index (χ0v) is 48.6. The fraction of sp³-hybridized carbons (Fsp3) is 0.920. The van der Waals surface area contributed by atoms with Crippen molar-refractivity contribution in [2.75, 3.05) is 46.2 Å². The molecule has 34 atom stereocenters. The summed E-state index contributed by atoms with van der Waals surface area (Å²) in [6.45, 7) is -1.84. The monoisotopic (exact) mass is 1300 g/mol. The Morgan fingerprint density at radius 2 is 0.820 bits per heavy atom. The van der Waals surface area contributed by atoms with Gasteiger partial charge in [0.2, 0.25) is 23.6 Å². The van der Waals surface area contributed by atoms with Gasteiger partial charge in [0.15, 0.2) is 37.7 Å². The number of aliphatic hydroxyl groups is 19. The van der Waals surface area contributed by atoms with Gasteiger partial charge in [-0.05, 0) is 6.92 Å². The number of ether oxygens (including phenoxy) is 12. The zero-order chi connectivity index (χ0) is 66.2. The van der Waals surface area contributed by atoms with E-state index in [1.165, 1.54) is 6.92 Å². The number of aliphatic hydroxyl groups excluding tert-OH is 19. The van der Waals surface area contributed by atoms with Crippen molar-refractivity contribution in [1.82, 2.24) is 21.3 Å². The van der Waals surface area contributed by atoms with E-state index in [-0.39, 0.29) is 0 Å². The Morgan fingerprint density at radius 1 is 0.416 bits per heavy atom. The molecule has 39 nitrogen and oxygen atoms in total. The zero-order valence-electron chi connectivity index (χ0n) is 48.6. The van der Waals surface area contributed by atoms with E-state index in [0.717, 1.165) is 27.7 Å². The number of hydrogen-bond acceptors (Lipinski definition) is 35. The van der Waals surface area contributed by atoms with Crippen molar-refractivity contribution in [3.8, 4) is 0 Å². The van der Waals surface area contributed by atoms with Crippen LogP contribution in [-0.4, -0.2) is 375 Å². The molecule has 23 N–H and O–H groups in total. The van der Waals surface area contributed by atoms with Gasteiger partial charge in [-0.2, -0.15) is 0 Å². The third kappa shape index (κ3) is 17.7. The molecule has 0 radical (unpaired) electrons. The molecule has 6 rings (SSSR count). The van der Waals surface area contributed by atoms with E-state index in [1.807, 2.05) is 0 Å². The molecule has 4 amide bonds. The normalized spacial score (nSPS) is 44.3. The van der Waals surface area contributed by atoms with Crippen LogP contribution in [0, 0.1) is 0 Å². The van der Waals surface area contributed by atoms with Crippen molar-refractivity contribution < 1.29 is 173 Å². The van der Waals surface area contributed by atoms with Crippen LogP contribution in [-0.2, 0) is 76.0 Å². The van der Waals surface area contributed by atoms with Gasteiger partial charge in [-0.15, -0.1) is 0 Å². The van der Waals surface area contributed by atoms with Crippen LogP contribution in [0.5, 0.6) is 0 Å². The molecule has 39 heteroatoms. The molecular weight excluding hydrogens is 1220 g/mol. The van der Waals surface area contributed by atoms with E-state index in [4.69, 9.17) is 56.8 Å². The average Bonchev–Trinajstić information content (AvgIpc) is 1.03. The van der Waals surface area contributed by atoms with Crippen molar-refractivity contribution in [3.63, 3.8) is 0 Å². The number of hydrogen-bond donors (Lipinski definition) is 23. The maximum atomic E-state index is 12.8. The summed E-state index contributed by atoms with van der Waals surface area (Å²) in [7, 11) is 0. The maximum absolute atomic E-state index is 12.8. The first-order chi connectivity index (χ1) is 41.9. The van der Waals surface area contributed by atoms with Crippen LogP contribution in [0.1, 0.15) is 34.6 Å². The fourth-order valence-corrected chi connectivity index (χ4v) is 11.0. The summed E-state index contributed by atoms with van der Waals surface area (Å²) >= 11 is 0. The highest BCUT2D eigenvalue weighted by Gasteiger charge is 2.57. The molecule has 6 fully saturated rings. The van der Waals surface area contributed by atoms with Gasteiger partial charge in [0.25, 0.3) is 0 Å². The molecule has 0 saturated carbocycles. The van der Waals surface area contributed by atoms with Crippen molar-refractivity contribution in [3.05, 3.63) is 0 Å². The minimum absolute atomic E-state index is 0.763. The van der Waals surface area contributed by atoms with E-state index in [0.29, 0.717) is 0 Å². The summed E-state index contributed by atoms with van der Waals surface area (Å²) in [6.07, 6.45) is -58.9. The summed E-state index contributed by atoms with van der Waals surface area (Å²) in [5, 5.41) is 218. The molecule has 6 aliphatic heterocycles. The van der Waals surface area contributed by atoms with E-state index >= 15 is 0 Å². The van der Waals surface area contributed by atoms with Crippen LogP contribution in [0.4, 0.5) is 0 Å². The first kappa shape index (κ1) is 74.7. The third-order valence-corrected chi connectivity index (χ3v) is 15.7. The molecule has 516 valence electrons. The second-order valence-electron chi connectivity index (χ2n) is 22.3. The van der Waals surface area contributed by atoms with Crippen molar-refractivity contribution in [1.29, 1.82) is 0 Å². The standard InChI is InChI=1S/C50H86N4O35/c1-13-28(65)37(74)38(75)48(80-13)87-42-27(54-17(5)63)46(82-22(9-58)32(42)69)79-12-24-34(71)44(89-49-39(76)43(33(70)23(10-59)84-49)88-47-26(53-16(4)62)36(73)31(68)21(8-57)83-47)40(77)50(85-24)86-41(18(6-55)51-14(2)60)29(66)19(64)11-78-45-25(52-15(3)61)35(72)30(67)20(7-56)81-45/h13,18-50,55-59,64-77H,6-12H2,1-5H3,(H,51,60)(H,52,61)(H,53,62)(H,54,63)/t13-,18+,19-,20-,21-,22-,23-,24-,25-,26-,27-,28+,29+,30-,31+,32-,33+,34+,35-,36-,37+,38-,39-,40-,41-,42-,43+,44+,45-,46-,47+,48-,49+,50+/m1/s1. The molecule has 0 bridgehead atoms. The predicted octanol–water partition coefficient (Wildman–Crippen LogP) is -15.0. The van der Waals surface area contributed by atoms with Gasteiger partial charge >= 0.3 is 0 Å². The molecule has 0 aromatic rings. The Balaban J connectivity index is 1.36. The first-order valence-corrected chi connectivity index (χ1v) is 28.4. The highest BCUT2D eigenvalue weighted by atomic mass is 16.8.